The summed E-state index contributed by atoms with van der Waals surface area (Å²) in [4.78, 5) is 12.2. The minimum absolute atomic E-state index is 0.453. The highest BCUT2D eigenvalue weighted by Gasteiger charge is 2.22. The number of anilines is 1. The fourth-order valence-electron chi connectivity index (χ4n) is 2.95. The summed E-state index contributed by atoms with van der Waals surface area (Å²) < 4.78 is 53.9. The lowest BCUT2D eigenvalue weighted by atomic mass is 10.2. The Morgan fingerprint density at radius 3 is 2.41 bits per heavy atom. The van der Waals surface area contributed by atoms with E-state index in [9.17, 15) is 22.4 Å². The molecule has 1 aromatic carbocycles. The molecule has 0 saturated heterocycles. The molecule has 0 aliphatic carbocycles. The number of aromatic nitrogens is 4. The second kappa shape index (κ2) is 8.46. The van der Waals surface area contributed by atoms with Crippen LogP contribution in [0.4, 0.5) is 23.2 Å². The lowest BCUT2D eigenvalue weighted by Crippen LogP contribution is -2.21. The van der Waals surface area contributed by atoms with Crippen molar-refractivity contribution in [3.8, 4) is 0 Å². The van der Waals surface area contributed by atoms with E-state index < -0.39 is 36.7 Å². The number of halogens is 4. The van der Waals surface area contributed by atoms with Crippen LogP contribution >= 0.6 is 0 Å². The smallest absolute Gasteiger partial charge is 0.282 e. The average molecular weight is 409 g/mol. The standard InChI is InChI=1S/C19H19F4N5O/c1-11-6-12(2)27(25-11)9-13-4-3-5-14(7-13)24-17(29)10-28-16(19(22)23)8-15(26-28)18(20)21/h3-8,18-19H,9-10H2,1-2H3,(H,24,29). The monoisotopic (exact) mass is 409 g/mol. The first-order valence-corrected chi connectivity index (χ1v) is 8.76. The molecule has 154 valence electrons. The molecule has 2 aromatic heterocycles. The molecule has 0 fully saturated rings. The fraction of sp³-hybridized carbons (Fsp3) is 0.316. The maximum absolute atomic E-state index is 13.0. The number of benzene rings is 1. The maximum Gasteiger partial charge on any atom is 0.282 e. The van der Waals surface area contributed by atoms with Crippen molar-refractivity contribution in [2.24, 2.45) is 0 Å². The van der Waals surface area contributed by atoms with Gasteiger partial charge in [-0.2, -0.15) is 10.2 Å². The molecule has 6 nitrogen and oxygen atoms in total. The van der Waals surface area contributed by atoms with E-state index in [1.54, 1.807) is 18.2 Å². The van der Waals surface area contributed by atoms with Gasteiger partial charge in [-0.3, -0.25) is 14.2 Å². The van der Waals surface area contributed by atoms with Gasteiger partial charge in [0.2, 0.25) is 5.91 Å². The fourth-order valence-corrected chi connectivity index (χ4v) is 2.95. The quantitative estimate of drug-likeness (QED) is 0.593. The van der Waals surface area contributed by atoms with E-state index in [4.69, 9.17) is 0 Å². The van der Waals surface area contributed by atoms with Crippen LogP contribution in [0.3, 0.4) is 0 Å². The molecule has 0 saturated carbocycles. The topological polar surface area (TPSA) is 64.7 Å². The van der Waals surface area contributed by atoms with E-state index in [2.05, 4.69) is 15.5 Å². The van der Waals surface area contributed by atoms with Crippen molar-refractivity contribution in [3.05, 3.63) is 64.7 Å². The third kappa shape index (κ3) is 5.01. The minimum atomic E-state index is -3.02. The van der Waals surface area contributed by atoms with Crippen LogP contribution in [0, 0.1) is 13.8 Å². The predicted molar refractivity (Wildman–Crippen MR) is 98.0 cm³/mol. The molecular weight excluding hydrogens is 390 g/mol. The molecule has 0 radical (unpaired) electrons. The second-order valence-electron chi connectivity index (χ2n) is 6.59. The van der Waals surface area contributed by atoms with Crippen molar-refractivity contribution >= 4 is 11.6 Å². The number of alkyl halides is 4. The predicted octanol–water partition coefficient (Wildman–Crippen LogP) is 4.26. The number of rotatable bonds is 7. The molecule has 1 N–H and O–H groups in total. The molecule has 2 heterocycles. The number of hydrogen-bond donors (Lipinski definition) is 1. The SMILES string of the molecule is Cc1cc(C)n(Cc2cccc(NC(=O)Cn3nc(C(F)F)cc3C(F)F)c2)n1. The summed E-state index contributed by atoms with van der Waals surface area (Å²) >= 11 is 0. The molecule has 10 heteroatoms. The van der Waals surface area contributed by atoms with Gasteiger partial charge in [-0.15, -0.1) is 0 Å². The van der Waals surface area contributed by atoms with Gasteiger partial charge in [-0.25, -0.2) is 17.6 Å². The summed E-state index contributed by atoms with van der Waals surface area (Å²) in [7, 11) is 0. The Morgan fingerprint density at radius 1 is 1.03 bits per heavy atom. The summed E-state index contributed by atoms with van der Waals surface area (Å²) in [6, 6.07) is 9.54. The zero-order valence-electron chi connectivity index (χ0n) is 15.7. The average Bonchev–Trinajstić information content (AvgIpc) is 3.18. The first-order valence-electron chi connectivity index (χ1n) is 8.76. The summed E-state index contributed by atoms with van der Waals surface area (Å²) in [5.41, 5.74) is 1.69. The van der Waals surface area contributed by atoms with Crippen molar-refractivity contribution in [1.29, 1.82) is 0 Å². The summed E-state index contributed by atoms with van der Waals surface area (Å²) in [6.45, 7) is 3.72. The Bertz CT molecular complexity index is 1010. The van der Waals surface area contributed by atoms with Crippen LogP contribution in [0.5, 0.6) is 0 Å². The number of nitrogens with zero attached hydrogens (tertiary/aromatic N) is 4. The molecule has 0 aliphatic rings. The van der Waals surface area contributed by atoms with Gasteiger partial charge >= 0.3 is 0 Å². The van der Waals surface area contributed by atoms with Gasteiger partial charge in [-0.1, -0.05) is 12.1 Å². The van der Waals surface area contributed by atoms with Crippen LogP contribution < -0.4 is 5.32 Å². The number of carbonyl (C=O) groups is 1. The van der Waals surface area contributed by atoms with Crippen LogP contribution in [0.2, 0.25) is 0 Å². The molecule has 0 unspecified atom stereocenters. The van der Waals surface area contributed by atoms with Crippen LogP contribution in [0.1, 0.15) is 41.2 Å². The zero-order valence-corrected chi connectivity index (χ0v) is 15.7. The van der Waals surface area contributed by atoms with Crippen molar-refractivity contribution < 1.29 is 22.4 Å². The van der Waals surface area contributed by atoms with E-state index in [-0.39, 0.29) is 0 Å². The number of carbonyl (C=O) groups excluding carboxylic acids is 1. The number of aryl methyl sites for hydroxylation is 2. The van der Waals surface area contributed by atoms with Crippen LogP contribution in [0.15, 0.2) is 36.4 Å². The molecular formula is C19H19F4N5O. The molecule has 0 aliphatic heterocycles. The molecule has 0 atom stereocenters. The summed E-state index contributed by atoms with van der Waals surface area (Å²) in [5, 5.41) is 10.4. The third-order valence-corrected chi connectivity index (χ3v) is 4.22. The van der Waals surface area contributed by atoms with Crippen molar-refractivity contribution in [2.75, 3.05) is 5.32 Å². The van der Waals surface area contributed by atoms with Crippen LogP contribution in [0.25, 0.3) is 0 Å². The molecule has 0 bridgehead atoms. The third-order valence-electron chi connectivity index (χ3n) is 4.22. The van der Waals surface area contributed by atoms with Crippen molar-refractivity contribution in [1.82, 2.24) is 19.6 Å². The van der Waals surface area contributed by atoms with Gasteiger partial charge in [0.05, 0.1) is 12.2 Å². The first kappa shape index (κ1) is 20.6. The van der Waals surface area contributed by atoms with Crippen molar-refractivity contribution in [3.63, 3.8) is 0 Å². The van der Waals surface area contributed by atoms with Gasteiger partial charge in [0, 0.05) is 11.4 Å². The highest BCUT2D eigenvalue weighted by atomic mass is 19.3. The maximum atomic E-state index is 13.0. The Hall–Kier alpha value is -3.17. The molecule has 29 heavy (non-hydrogen) atoms. The molecule has 3 aromatic rings. The van der Waals surface area contributed by atoms with Gasteiger partial charge in [-0.05, 0) is 43.7 Å². The number of amides is 1. The minimum Gasteiger partial charge on any atom is -0.324 e. The van der Waals surface area contributed by atoms with E-state index in [1.165, 1.54) is 0 Å². The normalized spacial score (nSPS) is 11.4. The molecule has 0 spiro atoms. The molecule has 3 rings (SSSR count). The van der Waals surface area contributed by atoms with E-state index in [0.29, 0.717) is 23.0 Å². The van der Waals surface area contributed by atoms with Gasteiger partial charge in [0.1, 0.15) is 17.9 Å². The van der Waals surface area contributed by atoms with Gasteiger partial charge in [0.15, 0.2) is 0 Å². The van der Waals surface area contributed by atoms with Crippen LogP contribution in [-0.2, 0) is 17.9 Å². The summed E-state index contributed by atoms with van der Waals surface area (Å²) in [5.74, 6) is -0.654. The van der Waals surface area contributed by atoms with E-state index >= 15 is 0 Å². The first-order chi connectivity index (χ1) is 13.7. The van der Waals surface area contributed by atoms with Crippen molar-refractivity contribution in [2.45, 2.75) is 39.8 Å². The highest BCUT2D eigenvalue weighted by molar-refractivity contribution is 5.90. The number of nitrogens with one attached hydrogen (secondary N) is 1. The summed E-state index contributed by atoms with van der Waals surface area (Å²) in [6.07, 6.45) is -6.02. The lowest BCUT2D eigenvalue weighted by Gasteiger charge is -2.10. The largest absolute Gasteiger partial charge is 0.324 e. The Labute approximate surface area is 164 Å². The zero-order chi connectivity index (χ0) is 21.1. The van der Waals surface area contributed by atoms with E-state index in [1.807, 2.05) is 30.7 Å². The Morgan fingerprint density at radius 2 is 1.79 bits per heavy atom. The van der Waals surface area contributed by atoms with Crippen LogP contribution in [-0.4, -0.2) is 25.5 Å². The van der Waals surface area contributed by atoms with Gasteiger partial charge in [0.25, 0.3) is 12.9 Å². The van der Waals surface area contributed by atoms with Gasteiger partial charge < -0.3 is 5.32 Å². The second-order valence-corrected chi connectivity index (χ2v) is 6.59. The van der Waals surface area contributed by atoms with E-state index in [0.717, 1.165) is 17.0 Å². The molecule has 1 amide bonds. The highest BCUT2D eigenvalue weighted by Crippen LogP contribution is 2.25. The Kier molecular flexibility index (Phi) is 6.00. The lowest BCUT2D eigenvalue weighted by molar-refractivity contribution is -0.117. The number of hydrogen-bond acceptors (Lipinski definition) is 3. The Balaban J connectivity index is 1.71.